The molecule has 3 rings (SSSR count). The summed E-state index contributed by atoms with van der Waals surface area (Å²) in [6, 6.07) is 8.01. The van der Waals surface area contributed by atoms with Crippen molar-refractivity contribution in [1.29, 1.82) is 0 Å². The van der Waals surface area contributed by atoms with Crippen LogP contribution in [0, 0.1) is 0 Å². The number of aryl methyl sites for hydroxylation is 1. The van der Waals surface area contributed by atoms with E-state index in [4.69, 9.17) is 4.74 Å². The Morgan fingerprint density at radius 1 is 1.50 bits per heavy atom. The van der Waals surface area contributed by atoms with E-state index in [0.717, 1.165) is 35.2 Å². The van der Waals surface area contributed by atoms with Crippen molar-refractivity contribution in [3.8, 4) is 5.75 Å². The molecule has 1 atom stereocenters. The first-order chi connectivity index (χ1) is 11.7. The van der Waals surface area contributed by atoms with Crippen molar-refractivity contribution >= 4 is 17.8 Å². The van der Waals surface area contributed by atoms with Crippen LogP contribution in [0.3, 0.4) is 0 Å². The average molecular weight is 347 g/mol. The molecule has 2 heterocycles. The van der Waals surface area contributed by atoms with Crippen LogP contribution in [0.5, 0.6) is 5.75 Å². The minimum atomic E-state index is -0.0207. The van der Waals surface area contributed by atoms with E-state index in [1.54, 1.807) is 25.2 Å². The van der Waals surface area contributed by atoms with Crippen LogP contribution in [0.4, 0.5) is 4.79 Å². The number of urea groups is 1. The number of benzene rings is 1. The lowest BCUT2D eigenvalue weighted by Gasteiger charge is -2.41. The van der Waals surface area contributed by atoms with Crippen LogP contribution in [0.25, 0.3) is 0 Å². The van der Waals surface area contributed by atoms with Crippen molar-refractivity contribution in [2.75, 3.05) is 26.0 Å². The van der Waals surface area contributed by atoms with E-state index >= 15 is 0 Å². The van der Waals surface area contributed by atoms with Gasteiger partial charge in [0, 0.05) is 25.9 Å². The highest BCUT2D eigenvalue weighted by Gasteiger charge is 2.33. The van der Waals surface area contributed by atoms with Gasteiger partial charge >= 0.3 is 6.03 Å². The SMILES string of the molecule is COc1cccc([C@H]2CCN2C(=O)NCCSc2nncn2C)c1. The lowest BCUT2D eigenvalue weighted by atomic mass is 9.95. The van der Waals surface area contributed by atoms with Crippen LogP contribution in [-0.4, -0.2) is 51.6 Å². The topological polar surface area (TPSA) is 72.3 Å². The number of likely N-dealkylation sites (tertiary alicyclic amines) is 1. The molecule has 1 aromatic heterocycles. The number of hydrogen-bond acceptors (Lipinski definition) is 5. The van der Waals surface area contributed by atoms with Gasteiger partial charge in [0.15, 0.2) is 5.16 Å². The first kappa shape index (κ1) is 16.6. The molecule has 1 saturated heterocycles. The first-order valence-corrected chi connectivity index (χ1v) is 8.83. The van der Waals surface area contributed by atoms with Crippen molar-refractivity contribution in [1.82, 2.24) is 25.0 Å². The molecule has 24 heavy (non-hydrogen) atoms. The highest BCUT2D eigenvalue weighted by atomic mass is 32.2. The van der Waals surface area contributed by atoms with E-state index in [9.17, 15) is 4.79 Å². The number of hydrogen-bond donors (Lipinski definition) is 1. The Bertz CT molecular complexity index is 705. The van der Waals surface area contributed by atoms with E-state index < -0.39 is 0 Å². The number of carbonyl (C=O) groups is 1. The van der Waals surface area contributed by atoms with Gasteiger partial charge in [-0.2, -0.15) is 0 Å². The molecule has 1 aliphatic rings. The van der Waals surface area contributed by atoms with Crippen molar-refractivity contribution < 1.29 is 9.53 Å². The molecule has 0 spiro atoms. The van der Waals surface area contributed by atoms with Crippen LogP contribution in [0.15, 0.2) is 35.7 Å². The van der Waals surface area contributed by atoms with Crippen LogP contribution >= 0.6 is 11.8 Å². The molecule has 1 N–H and O–H groups in total. The van der Waals surface area contributed by atoms with Crippen LogP contribution < -0.4 is 10.1 Å². The number of amides is 2. The zero-order valence-corrected chi connectivity index (χ0v) is 14.6. The van der Waals surface area contributed by atoms with Crippen molar-refractivity contribution in [2.45, 2.75) is 17.6 Å². The predicted molar refractivity (Wildman–Crippen MR) is 92.2 cm³/mol. The Labute approximate surface area is 145 Å². The lowest BCUT2D eigenvalue weighted by molar-refractivity contribution is 0.115. The smallest absolute Gasteiger partial charge is 0.317 e. The van der Waals surface area contributed by atoms with Gasteiger partial charge in [0.25, 0.3) is 0 Å². The molecule has 1 aromatic carbocycles. The van der Waals surface area contributed by atoms with Gasteiger partial charge in [0.2, 0.25) is 0 Å². The summed E-state index contributed by atoms with van der Waals surface area (Å²) in [6.45, 7) is 1.38. The van der Waals surface area contributed by atoms with Gasteiger partial charge < -0.3 is 19.5 Å². The fourth-order valence-electron chi connectivity index (χ4n) is 2.63. The normalized spacial score (nSPS) is 16.6. The maximum absolute atomic E-state index is 12.3. The van der Waals surface area contributed by atoms with Gasteiger partial charge in [-0.05, 0) is 24.1 Å². The standard InChI is InChI=1S/C16H21N5O2S/c1-20-11-18-19-16(20)24-9-7-17-15(22)21-8-6-14(21)12-4-3-5-13(10-12)23-2/h3-5,10-11,14H,6-9H2,1-2H3,(H,17,22)/t14-/m1/s1. The minimum absolute atomic E-state index is 0.0207. The molecule has 8 heteroatoms. The summed E-state index contributed by atoms with van der Waals surface area (Å²) in [6.07, 6.45) is 2.65. The number of aromatic nitrogens is 3. The number of carbonyl (C=O) groups excluding carboxylic acids is 1. The van der Waals surface area contributed by atoms with Crippen molar-refractivity contribution in [3.63, 3.8) is 0 Å². The average Bonchev–Trinajstić information content (AvgIpc) is 2.96. The molecule has 128 valence electrons. The number of ether oxygens (including phenoxy) is 1. The Balaban J connectivity index is 1.47. The molecule has 1 fully saturated rings. The highest BCUT2D eigenvalue weighted by molar-refractivity contribution is 7.99. The van der Waals surface area contributed by atoms with E-state index in [2.05, 4.69) is 15.5 Å². The molecule has 7 nitrogen and oxygen atoms in total. The third-order valence-electron chi connectivity index (χ3n) is 4.04. The van der Waals surface area contributed by atoms with Gasteiger partial charge in [-0.15, -0.1) is 10.2 Å². The zero-order chi connectivity index (χ0) is 16.9. The fraction of sp³-hybridized carbons (Fsp3) is 0.438. The molecule has 0 bridgehead atoms. The predicted octanol–water partition coefficient (Wildman–Crippen LogP) is 2.07. The molecule has 1 aliphatic heterocycles. The van der Waals surface area contributed by atoms with Gasteiger partial charge in [-0.3, -0.25) is 0 Å². The molecule has 2 amide bonds. The van der Waals surface area contributed by atoms with Crippen molar-refractivity contribution in [2.24, 2.45) is 7.05 Å². The number of nitrogens with one attached hydrogen (secondary N) is 1. The molecule has 0 unspecified atom stereocenters. The third kappa shape index (κ3) is 3.64. The summed E-state index contributed by atoms with van der Waals surface area (Å²) >= 11 is 1.57. The Kier molecular flexibility index (Phi) is 5.24. The summed E-state index contributed by atoms with van der Waals surface area (Å²) in [4.78, 5) is 14.2. The van der Waals surface area contributed by atoms with Crippen molar-refractivity contribution in [3.05, 3.63) is 36.2 Å². The summed E-state index contributed by atoms with van der Waals surface area (Å²) < 4.78 is 7.12. The Hall–Kier alpha value is -2.22. The molecule has 2 aromatic rings. The maximum atomic E-state index is 12.3. The quantitative estimate of drug-likeness (QED) is 0.640. The number of nitrogens with zero attached hydrogens (tertiary/aromatic N) is 4. The van der Waals surface area contributed by atoms with Gasteiger partial charge in [-0.25, -0.2) is 4.79 Å². The highest BCUT2D eigenvalue weighted by Crippen LogP contribution is 2.34. The van der Waals surface area contributed by atoms with E-state index in [1.807, 2.05) is 40.8 Å². The number of rotatable bonds is 6. The number of methoxy groups -OCH3 is 1. The van der Waals surface area contributed by atoms with E-state index in [-0.39, 0.29) is 12.1 Å². The molecule has 0 saturated carbocycles. The second-order valence-electron chi connectivity index (χ2n) is 5.58. The third-order valence-corrected chi connectivity index (χ3v) is 5.07. The lowest BCUT2D eigenvalue weighted by Crippen LogP contribution is -2.50. The minimum Gasteiger partial charge on any atom is -0.497 e. The fourth-order valence-corrected chi connectivity index (χ4v) is 3.37. The summed E-state index contributed by atoms with van der Waals surface area (Å²) in [5.74, 6) is 1.58. The first-order valence-electron chi connectivity index (χ1n) is 7.84. The van der Waals surface area contributed by atoms with Gasteiger partial charge in [0.1, 0.15) is 12.1 Å². The molecular weight excluding hydrogens is 326 g/mol. The van der Waals surface area contributed by atoms with E-state index in [1.165, 1.54) is 0 Å². The molecular formula is C16H21N5O2S. The van der Waals surface area contributed by atoms with Crippen LogP contribution in [0.2, 0.25) is 0 Å². The largest absolute Gasteiger partial charge is 0.497 e. The maximum Gasteiger partial charge on any atom is 0.317 e. The Morgan fingerprint density at radius 3 is 3.04 bits per heavy atom. The Morgan fingerprint density at radius 2 is 2.38 bits per heavy atom. The summed E-state index contributed by atoms with van der Waals surface area (Å²) in [7, 11) is 3.55. The second-order valence-corrected chi connectivity index (χ2v) is 6.64. The van der Waals surface area contributed by atoms with Gasteiger partial charge in [-0.1, -0.05) is 23.9 Å². The molecule has 0 radical (unpaired) electrons. The van der Waals surface area contributed by atoms with Crippen LogP contribution in [-0.2, 0) is 7.05 Å². The monoisotopic (exact) mass is 347 g/mol. The zero-order valence-electron chi connectivity index (χ0n) is 13.8. The second kappa shape index (κ2) is 7.57. The van der Waals surface area contributed by atoms with Crippen LogP contribution in [0.1, 0.15) is 18.0 Å². The number of thioether (sulfide) groups is 1. The summed E-state index contributed by atoms with van der Waals surface area (Å²) in [5, 5.41) is 11.7. The van der Waals surface area contributed by atoms with E-state index in [0.29, 0.717) is 6.54 Å². The van der Waals surface area contributed by atoms with Gasteiger partial charge in [0.05, 0.1) is 13.2 Å². The summed E-state index contributed by atoms with van der Waals surface area (Å²) in [5.41, 5.74) is 1.12. The molecule has 0 aliphatic carbocycles.